The molecule has 0 saturated carbocycles. The minimum absolute atomic E-state index is 0.0363. The number of amides is 2. The standard InChI is InChI=1S/C18H19N3O2S/c1-20(17(22)13-8-9-16(24-2)19-12-13)15-10-11-21(18(15)23)14-6-4-3-5-7-14/h3-9,12,15H,10-11H2,1-2H3/t15-/m1/s1. The second-order valence-electron chi connectivity index (χ2n) is 5.64. The number of carbonyl (C=O) groups is 2. The van der Waals surface area contributed by atoms with Crippen LogP contribution < -0.4 is 4.90 Å². The van der Waals surface area contributed by atoms with E-state index in [0.717, 1.165) is 10.7 Å². The van der Waals surface area contributed by atoms with Gasteiger partial charge in [-0.15, -0.1) is 11.8 Å². The minimum atomic E-state index is -0.432. The van der Waals surface area contributed by atoms with E-state index < -0.39 is 6.04 Å². The Morgan fingerprint density at radius 2 is 2.00 bits per heavy atom. The summed E-state index contributed by atoms with van der Waals surface area (Å²) in [5.74, 6) is -0.214. The summed E-state index contributed by atoms with van der Waals surface area (Å²) in [4.78, 5) is 32.8. The molecular formula is C18H19N3O2S. The number of pyridine rings is 1. The van der Waals surface area contributed by atoms with Gasteiger partial charge in [-0.25, -0.2) is 4.98 Å². The van der Waals surface area contributed by atoms with Crippen LogP contribution in [0.2, 0.25) is 0 Å². The number of para-hydroxylation sites is 1. The molecule has 0 unspecified atom stereocenters. The van der Waals surface area contributed by atoms with Gasteiger partial charge in [0.05, 0.1) is 10.6 Å². The Morgan fingerprint density at radius 3 is 2.62 bits per heavy atom. The summed E-state index contributed by atoms with van der Waals surface area (Å²) in [6.45, 7) is 0.620. The Hall–Kier alpha value is -2.34. The molecule has 124 valence electrons. The molecule has 1 aromatic heterocycles. The fraction of sp³-hybridized carbons (Fsp3) is 0.278. The van der Waals surface area contributed by atoms with Crippen LogP contribution in [0.15, 0.2) is 53.7 Å². The van der Waals surface area contributed by atoms with E-state index in [-0.39, 0.29) is 11.8 Å². The lowest BCUT2D eigenvalue weighted by atomic mass is 10.2. The van der Waals surface area contributed by atoms with Crippen molar-refractivity contribution in [3.63, 3.8) is 0 Å². The second-order valence-corrected chi connectivity index (χ2v) is 6.46. The van der Waals surface area contributed by atoms with Crippen LogP contribution in [0.25, 0.3) is 0 Å². The predicted molar refractivity (Wildman–Crippen MR) is 95.3 cm³/mol. The first-order valence-electron chi connectivity index (χ1n) is 7.75. The number of aromatic nitrogens is 1. The highest BCUT2D eigenvalue weighted by atomic mass is 32.2. The van der Waals surface area contributed by atoms with Gasteiger partial charge < -0.3 is 9.80 Å². The Morgan fingerprint density at radius 1 is 1.25 bits per heavy atom. The van der Waals surface area contributed by atoms with Crippen LogP contribution in [-0.2, 0) is 4.79 Å². The maximum absolute atomic E-state index is 12.7. The van der Waals surface area contributed by atoms with Gasteiger partial charge in [0.15, 0.2) is 0 Å². The molecule has 1 fully saturated rings. The number of anilines is 1. The molecule has 1 aliphatic rings. The van der Waals surface area contributed by atoms with Crippen LogP contribution in [-0.4, -0.2) is 47.6 Å². The molecule has 1 atom stereocenters. The van der Waals surface area contributed by atoms with E-state index >= 15 is 0 Å². The number of nitrogens with zero attached hydrogens (tertiary/aromatic N) is 3. The van der Waals surface area contributed by atoms with Crippen LogP contribution in [0.3, 0.4) is 0 Å². The van der Waals surface area contributed by atoms with E-state index in [1.165, 1.54) is 16.7 Å². The minimum Gasteiger partial charge on any atom is -0.330 e. The topological polar surface area (TPSA) is 53.5 Å². The zero-order chi connectivity index (χ0) is 17.1. The van der Waals surface area contributed by atoms with E-state index in [9.17, 15) is 9.59 Å². The van der Waals surface area contributed by atoms with Gasteiger partial charge in [-0.1, -0.05) is 18.2 Å². The van der Waals surface area contributed by atoms with Crippen molar-refractivity contribution in [1.29, 1.82) is 0 Å². The van der Waals surface area contributed by atoms with Gasteiger partial charge in [-0.05, 0) is 36.9 Å². The fourth-order valence-electron chi connectivity index (χ4n) is 2.86. The number of likely N-dealkylation sites (N-methyl/N-ethyl adjacent to an activating group) is 1. The molecule has 1 saturated heterocycles. The lowest BCUT2D eigenvalue weighted by Gasteiger charge is -2.24. The zero-order valence-corrected chi connectivity index (χ0v) is 14.5. The van der Waals surface area contributed by atoms with Crippen LogP contribution in [0.4, 0.5) is 5.69 Å². The first-order chi connectivity index (χ1) is 11.6. The normalized spacial score (nSPS) is 17.2. The number of rotatable bonds is 4. The fourth-order valence-corrected chi connectivity index (χ4v) is 3.22. The van der Waals surface area contributed by atoms with Crippen molar-refractivity contribution in [1.82, 2.24) is 9.88 Å². The second kappa shape index (κ2) is 7.05. The third-order valence-electron chi connectivity index (χ3n) is 4.23. The molecule has 0 radical (unpaired) electrons. The van der Waals surface area contributed by atoms with Gasteiger partial charge in [-0.3, -0.25) is 9.59 Å². The van der Waals surface area contributed by atoms with Gasteiger partial charge in [0.25, 0.3) is 5.91 Å². The molecule has 2 aromatic rings. The average Bonchev–Trinajstić information content (AvgIpc) is 3.02. The van der Waals surface area contributed by atoms with Gasteiger partial charge in [0.1, 0.15) is 6.04 Å². The highest BCUT2D eigenvalue weighted by Crippen LogP contribution is 2.24. The van der Waals surface area contributed by atoms with E-state index in [0.29, 0.717) is 18.5 Å². The van der Waals surface area contributed by atoms with Crippen molar-refractivity contribution in [2.45, 2.75) is 17.5 Å². The van der Waals surface area contributed by atoms with Crippen LogP contribution >= 0.6 is 11.8 Å². The number of carbonyl (C=O) groups excluding carboxylic acids is 2. The molecule has 2 heterocycles. The monoisotopic (exact) mass is 341 g/mol. The van der Waals surface area contributed by atoms with Crippen molar-refractivity contribution >= 4 is 29.3 Å². The first kappa shape index (κ1) is 16.5. The van der Waals surface area contributed by atoms with Crippen molar-refractivity contribution in [3.8, 4) is 0 Å². The highest BCUT2D eigenvalue weighted by Gasteiger charge is 2.37. The molecule has 5 nitrogen and oxygen atoms in total. The lowest BCUT2D eigenvalue weighted by molar-refractivity contribution is -0.120. The van der Waals surface area contributed by atoms with Gasteiger partial charge in [-0.2, -0.15) is 0 Å². The van der Waals surface area contributed by atoms with Gasteiger partial charge >= 0.3 is 0 Å². The summed E-state index contributed by atoms with van der Waals surface area (Å²) in [5.41, 5.74) is 1.37. The summed E-state index contributed by atoms with van der Waals surface area (Å²) >= 11 is 1.52. The molecule has 1 aromatic carbocycles. The molecule has 24 heavy (non-hydrogen) atoms. The van der Waals surface area contributed by atoms with E-state index in [1.807, 2.05) is 42.7 Å². The molecule has 3 rings (SSSR count). The number of thioether (sulfide) groups is 1. The van der Waals surface area contributed by atoms with Gasteiger partial charge in [0, 0.05) is 25.5 Å². The van der Waals surface area contributed by atoms with E-state index in [1.54, 1.807) is 24.2 Å². The third kappa shape index (κ3) is 3.14. The SMILES string of the molecule is CSc1ccc(C(=O)N(C)[C@@H]2CCN(c3ccccc3)C2=O)cn1. The summed E-state index contributed by atoms with van der Waals surface area (Å²) in [7, 11) is 1.68. The highest BCUT2D eigenvalue weighted by molar-refractivity contribution is 7.98. The molecule has 0 bridgehead atoms. The quantitative estimate of drug-likeness (QED) is 0.803. The molecule has 0 spiro atoms. The number of benzene rings is 1. The molecule has 1 aliphatic heterocycles. The number of hydrogen-bond donors (Lipinski definition) is 0. The Bertz CT molecular complexity index is 734. The first-order valence-corrected chi connectivity index (χ1v) is 8.98. The summed E-state index contributed by atoms with van der Waals surface area (Å²) in [6.07, 6.45) is 4.14. The largest absolute Gasteiger partial charge is 0.330 e. The maximum atomic E-state index is 12.7. The van der Waals surface area contributed by atoms with E-state index in [2.05, 4.69) is 4.98 Å². The molecule has 6 heteroatoms. The molecular weight excluding hydrogens is 322 g/mol. The Kier molecular flexibility index (Phi) is 4.85. The van der Waals surface area contributed by atoms with Crippen molar-refractivity contribution < 1.29 is 9.59 Å². The number of hydrogen-bond acceptors (Lipinski definition) is 4. The third-order valence-corrected chi connectivity index (χ3v) is 4.89. The van der Waals surface area contributed by atoms with E-state index in [4.69, 9.17) is 0 Å². The van der Waals surface area contributed by atoms with Crippen LogP contribution in [0.1, 0.15) is 16.8 Å². The molecule has 0 N–H and O–H groups in total. The Labute approximate surface area is 145 Å². The molecule has 0 aliphatic carbocycles. The summed E-state index contributed by atoms with van der Waals surface area (Å²) < 4.78 is 0. The zero-order valence-electron chi connectivity index (χ0n) is 13.7. The maximum Gasteiger partial charge on any atom is 0.255 e. The van der Waals surface area contributed by atoms with Crippen LogP contribution in [0.5, 0.6) is 0 Å². The van der Waals surface area contributed by atoms with Crippen molar-refractivity contribution in [2.75, 3.05) is 24.7 Å². The Balaban J connectivity index is 1.74. The average molecular weight is 341 g/mol. The van der Waals surface area contributed by atoms with Crippen molar-refractivity contribution in [2.24, 2.45) is 0 Å². The molecule has 2 amide bonds. The van der Waals surface area contributed by atoms with Gasteiger partial charge in [0.2, 0.25) is 5.91 Å². The smallest absolute Gasteiger partial charge is 0.255 e. The lowest BCUT2D eigenvalue weighted by Crippen LogP contribution is -2.43. The summed E-state index contributed by atoms with van der Waals surface area (Å²) in [5, 5.41) is 0.862. The van der Waals surface area contributed by atoms with Crippen LogP contribution in [0, 0.1) is 0 Å². The predicted octanol–water partition coefficient (Wildman–Crippen LogP) is 2.68. The van der Waals surface area contributed by atoms with Crippen molar-refractivity contribution in [3.05, 3.63) is 54.2 Å². The summed E-state index contributed by atoms with van der Waals surface area (Å²) in [6, 6.07) is 12.7.